The van der Waals surface area contributed by atoms with E-state index in [9.17, 15) is 4.39 Å². The van der Waals surface area contributed by atoms with Crippen molar-refractivity contribution in [2.75, 3.05) is 5.32 Å². The van der Waals surface area contributed by atoms with Crippen molar-refractivity contribution >= 4 is 38.4 Å². The average Bonchev–Trinajstić information content (AvgIpc) is 3.33. The van der Waals surface area contributed by atoms with E-state index in [1.165, 1.54) is 6.07 Å². The summed E-state index contributed by atoms with van der Waals surface area (Å²) in [6.07, 6.45) is 1.66. The fourth-order valence-electron chi connectivity index (χ4n) is 3.00. The Morgan fingerprint density at radius 3 is 2.82 bits per heavy atom. The van der Waals surface area contributed by atoms with Gasteiger partial charge in [-0.15, -0.1) is 0 Å². The zero-order chi connectivity index (χ0) is 19.1. The summed E-state index contributed by atoms with van der Waals surface area (Å²) in [6.45, 7) is 0.510. The summed E-state index contributed by atoms with van der Waals surface area (Å²) in [5, 5.41) is 15.4. The fraction of sp³-hybridized carbons (Fsp3) is 0.0526. The molecule has 5 rings (SSSR count). The number of nitrogens with zero attached hydrogens (tertiary/aromatic N) is 5. The van der Waals surface area contributed by atoms with E-state index in [1.54, 1.807) is 35.0 Å². The van der Waals surface area contributed by atoms with E-state index in [-0.39, 0.29) is 5.82 Å². The summed E-state index contributed by atoms with van der Waals surface area (Å²) in [5.41, 5.74) is 3.92. The van der Waals surface area contributed by atoms with Crippen molar-refractivity contribution in [1.29, 1.82) is 0 Å². The summed E-state index contributed by atoms with van der Waals surface area (Å²) >= 11 is 3.45. The van der Waals surface area contributed by atoms with Crippen LogP contribution in [0.2, 0.25) is 0 Å². The minimum atomic E-state index is -0.329. The predicted octanol–water partition coefficient (Wildman–Crippen LogP) is 4.45. The third-order valence-corrected chi connectivity index (χ3v) is 4.93. The maximum atomic E-state index is 14.3. The molecule has 0 bridgehead atoms. The van der Waals surface area contributed by atoms with Crippen molar-refractivity contribution in [3.05, 3.63) is 70.6 Å². The lowest BCUT2D eigenvalue weighted by atomic mass is 10.1. The van der Waals surface area contributed by atoms with Crippen molar-refractivity contribution in [2.45, 2.75) is 6.54 Å². The Bertz CT molecular complexity index is 1310. The van der Waals surface area contributed by atoms with Crippen LogP contribution in [0.4, 0.5) is 10.2 Å². The van der Waals surface area contributed by atoms with Crippen LogP contribution in [-0.4, -0.2) is 24.9 Å². The third kappa shape index (κ3) is 2.89. The summed E-state index contributed by atoms with van der Waals surface area (Å²) in [4.78, 5) is 4.56. The van der Waals surface area contributed by atoms with Crippen LogP contribution in [0, 0.1) is 5.82 Å². The lowest BCUT2D eigenvalue weighted by Gasteiger charge is -2.11. The number of hydrogen-bond donors (Lipinski definition) is 1. The number of fused-ring (bicyclic) bond motifs is 2. The van der Waals surface area contributed by atoms with Gasteiger partial charge in [-0.05, 0) is 56.1 Å². The highest BCUT2D eigenvalue weighted by molar-refractivity contribution is 9.10. The molecule has 0 atom stereocenters. The SMILES string of the molecule is Fc1ccccc1-c1cc(NCc2ccc3nonc3c2)n2ncc(Br)c2n1. The second kappa shape index (κ2) is 6.68. The second-order valence-corrected chi connectivity index (χ2v) is 7.03. The van der Waals surface area contributed by atoms with E-state index in [1.807, 2.05) is 18.2 Å². The van der Waals surface area contributed by atoms with E-state index in [2.05, 4.69) is 41.6 Å². The molecule has 3 aromatic heterocycles. The molecule has 0 saturated heterocycles. The molecule has 138 valence electrons. The Morgan fingerprint density at radius 2 is 1.93 bits per heavy atom. The van der Waals surface area contributed by atoms with Gasteiger partial charge in [0.2, 0.25) is 0 Å². The molecule has 0 saturated carbocycles. The Kier molecular flexibility index (Phi) is 4.01. The van der Waals surface area contributed by atoms with E-state index < -0.39 is 0 Å². The standard InChI is InChI=1S/C19H12BrFN6O/c20-13-10-23-27-18(22-9-11-5-6-15-17(7-11)26-28-25-15)8-16(24-19(13)27)12-3-1-2-4-14(12)21/h1-8,10,22H,9H2. The molecule has 0 aliphatic rings. The Morgan fingerprint density at radius 1 is 1.07 bits per heavy atom. The van der Waals surface area contributed by atoms with Gasteiger partial charge >= 0.3 is 0 Å². The highest BCUT2D eigenvalue weighted by atomic mass is 79.9. The highest BCUT2D eigenvalue weighted by Gasteiger charge is 2.14. The van der Waals surface area contributed by atoms with E-state index >= 15 is 0 Å². The molecule has 0 fully saturated rings. The van der Waals surface area contributed by atoms with Gasteiger partial charge in [-0.25, -0.2) is 14.0 Å². The minimum absolute atomic E-state index is 0.329. The Balaban J connectivity index is 1.55. The molecular formula is C19H12BrFN6O. The quantitative estimate of drug-likeness (QED) is 0.446. The molecule has 3 heterocycles. The molecule has 0 radical (unpaired) electrons. The molecule has 9 heteroatoms. The van der Waals surface area contributed by atoms with E-state index in [0.717, 1.165) is 10.0 Å². The van der Waals surface area contributed by atoms with Crippen molar-refractivity contribution in [1.82, 2.24) is 24.9 Å². The summed E-state index contributed by atoms with van der Waals surface area (Å²) in [5.74, 6) is 0.359. The topological polar surface area (TPSA) is 81.1 Å². The first kappa shape index (κ1) is 16.8. The zero-order valence-electron chi connectivity index (χ0n) is 14.3. The van der Waals surface area contributed by atoms with E-state index in [4.69, 9.17) is 4.63 Å². The maximum absolute atomic E-state index is 14.3. The molecule has 0 aliphatic carbocycles. The number of benzene rings is 2. The summed E-state index contributed by atoms with van der Waals surface area (Å²) < 4.78 is 21.4. The molecule has 7 nitrogen and oxygen atoms in total. The van der Waals surface area contributed by atoms with Gasteiger partial charge < -0.3 is 5.32 Å². The third-order valence-electron chi connectivity index (χ3n) is 4.37. The monoisotopic (exact) mass is 438 g/mol. The average molecular weight is 439 g/mol. The summed E-state index contributed by atoms with van der Waals surface area (Å²) in [6, 6.07) is 14.0. The van der Waals surface area contributed by atoms with Crippen LogP contribution in [-0.2, 0) is 6.54 Å². The lowest BCUT2D eigenvalue weighted by Crippen LogP contribution is -2.07. The Labute approximate surface area is 166 Å². The fourth-order valence-corrected chi connectivity index (χ4v) is 3.35. The van der Waals surface area contributed by atoms with Crippen LogP contribution >= 0.6 is 15.9 Å². The number of anilines is 1. The molecule has 28 heavy (non-hydrogen) atoms. The first-order valence-corrected chi connectivity index (χ1v) is 9.22. The number of nitrogens with one attached hydrogen (secondary N) is 1. The molecule has 0 spiro atoms. The van der Waals surface area contributed by atoms with Crippen LogP contribution in [0.1, 0.15) is 5.56 Å². The molecule has 1 N–H and O–H groups in total. The largest absolute Gasteiger partial charge is 0.366 e. The van der Waals surface area contributed by atoms with Gasteiger partial charge in [0.05, 0.1) is 16.4 Å². The number of halogens is 2. The van der Waals surface area contributed by atoms with Crippen LogP contribution in [0.3, 0.4) is 0 Å². The van der Waals surface area contributed by atoms with Crippen LogP contribution in [0.5, 0.6) is 0 Å². The van der Waals surface area contributed by atoms with Gasteiger partial charge in [0.15, 0.2) is 5.65 Å². The van der Waals surface area contributed by atoms with Crippen molar-refractivity contribution in [3.8, 4) is 11.3 Å². The lowest BCUT2D eigenvalue weighted by molar-refractivity contribution is 0.315. The minimum Gasteiger partial charge on any atom is -0.366 e. The number of rotatable bonds is 4. The molecule has 0 unspecified atom stereocenters. The number of hydrogen-bond acceptors (Lipinski definition) is 6. The van der Waals surface area contributed by atoms with Gasteiger partial charge in [-0.1, -0.05) is 18.2 Å². The summed E-state index contributed by atoms with van der Waals surface area (Å²) in [7, 11) is 0. The van der Waals surface area contributed by atoms with Gasteiger partial charge in [0.1, 0.15) is 22.7 Å². The van der Waals surface area contributed by atoms with Crippen LogP contribution < -0.4 is 5.32 Å². The maximum Gasteiger partial charge on any atom is 0.172 e. The Hall–Kier alpha value is -3.33. The van der Waals surface area contributed by atoms with Gasteiger partial charge in [-0.3, -0.25) is 0 Å². The normalized spacial score (nSPS) is 11.4. The van der Waals surface area contributed by atoms with Crippen LogP contribution in [0.25, 0.3) is 27.9 Å². The highest BCUT2D eigenvalue weighted by Crippen LogP contribution is 2.27. The van der Waals surface area contributed by atoms with Gasteiger partial charge in [0.25, 0.3) is 0 Å². The smallest absolute Gasteiger partial charge is 0.172 e. The molecule has 0 amide bonds. The molecule has 5 aromatic rings. The first-order chi connectivity index (χ1) is 13.7. The molecule has 0 aliphatic heterocycles. The predicted molar refractivity (Wildman–Crippen MR) is 105 cm³/mol. The van der Waals surface area contributed by atoms with Crippen molar-refractivity contribution < 1.29 is 9.02 Å². The van der Waals surface area contributed by atoms with Gasteiger partial charge in [0, 0.05) is 18.2 Å². The van der Waals surface area contributed by atoms with E-state index in [0.29, 0.717) is 40.3 Å². The molecular weight excluding hydrogens is 427 g/mol. The zero-order valence-corrected chi connectivity index (χ0v) is 15.9. The van der Waals surface area contributed by atoms with Crippen LogP contribution in [0.15, 0.2) is 63.8 Å². The molecule has 2 aromatic carbocycles. The van der Waals surface area contributed by atoms with Crippen molar-refractivity contribution in [2.24, 2.45) is 0 Å². The van der Waals surface area contributed by atoms with Crippen molar-refractivity contribution in [3.63, 3.8) is 0 Å². The first-order valence-electron chi connectivity index (χ1n) is 8.43. The second-order valence-electron chi connectivity index (χ2n) is 6.18. The van der Waals surface area contributed by atoms with Gasteiger partial charge in [-0.2, -0.15) is 9.61 Å². The number of aromatic nitrogens is 5.